The standard InChI is InChI=1S/C17H14Cl2FN3O/c18-14-3-2-12(8-15(14)19)23-17(24)21-6-5-10-9-22-16-4-1-11(20)7-13(10)16/h1-4,7-9,22H,5-6H2,(H2,21,23,24). The van der Waals surface area contributed by atoms with Gasteiger partial charge in [0.2, 0.25) is 0 Å². The molecule has 1 aromatic heterocycles. The number of amides is 2. The second kappa shape index (κ2) is 7.11. The second-order valence-electron chi connectivity index (χ2n) is 5.26. The Kier molecular flexibility index (Phi) is 4.92. The van der Waals surface area contributed by atoms with Crippen molar-refractivity contribution in [2.75, 3.05) is 11.9 Å². The summed E-state index contributed by atoms with van der Waals surface area (Å²) in [5.41, 5.74) is 2.36. The number of rotatable bonds is 4. The fourth-order valence-electron chi connectivity index (χ4n) is 2.42. The van der Waals surface area contributed by atoms with Gasteiger partial charge in [-0.05, 0) is 48.4 Å². The van der Waals surface area contributed by atoms with Crippen molar-refractivity contribution in [1.29, 1.82) is 0 Å². The van der Waals surface area contributed by atoms with Gasteiger partial charge in [-0.15, -0.1) is 0 Å². The van der Waals surface area contributed by atoms with E-state index in [1.165, 1.54) is 12.1 Å². The Labute approximate surface area is 148 Å². The molecule has 0 unspecified atom stereocenters. The van der Waals surface area contributed by atoms with Crippen LogP contribution >= 0.6 is 23.2 Å². The molecule has 0 atom stereocenters. The largest absolute Gasteiger partial charge is 0.361 e. The van der Waals surface area contributed by atoms with E-state index in [-0.39, 0.29) is 11.8 Å². The molecule has 7 heteroatoms. The number of urea groups is 1. The third-order valence-corrected chi connectivity index (χ3v) is 4.33. The SMILES string of the molecule is O=C(NCCc1c[nH]c2ccc(F)cc12)Nc1ccc(Cl)c(Cl)c1. The fourth-order valence-corrected chi connectivity index (χ4v) is 2.72. The molecular weight excluding hydrogens is 352 g/mol. The number of aromatic nitrogens is 1. The lowest BCUT2D eigenvalue weighted by molar-refractivity contribution is 0.252. The molecule has 124 valence electrons. The average molecular weight is 366 g/mol. The lowest BCUT2D eigenvalue weighted by atomic mass is 10.1. The molecule has 2 amide bonds. The highest BCUT2D eigenvalue weighted by Crippen LogP contribution is 2.25. The fraction of sp³-hybridized carbons (Fsp3) is 0.118. The highest BCUT2D eigenvalue weighted by Gasteiger charge is 2.07. The molecule has 2 aromatic carbocycles. The number of nitrogens with one attached hydrogen (secondary N) is 3. The van der Waals surface area contributed by atoms with E-state index in [9.17, 15) is 9.18 Å². The second-order valence-corrected chi connectivity index (χ2v) is 6.08. The van der Waals surface area contributed by atoms with Crippen LogP contribution in [0.5, 0.6) is 0 Å². The summed E-state index contributed by atoms with van der Waals surface area (Å²) in [5, 5.41) is 7.04. The third kappa shape index (κ3) is 3.80. The molecule has 1 heterocycles. The van der Waals surface area contributed by atoms with Crippen LogP contribution in [0.3, 0.4) is 0 Å². The molecule has 3 aromatic rings. The number of fused-ring (bicyclic) bond motifs is 1. The molecule has 3 rings (SSSR count). The smallest absolute Gasteiger partial charge is 0.319 e. The summed E-state index contributed by atoms with van der Waals surface area (Å²) < 4.78 is 13.3. The summed E-state index contributed by atoms with van der Waals surface area (Å²) in [6.45, 7) is 0.413. The first kappa shape index (κ1) is 16.6. The van der Waals surface area contributed by atoms with Crippen molar-refractivity contribution in [3.63, 3.8) is 0 Å². The predicted octanol–water partition coefficient (Wildman–Crippen LogP) is 4.98. The molecule has 3 N–H and O–H groups in total. The number of hydrogen-bond acceptors (Lipinski definition) is 1. The Bertz CT molecular complexity index is 895. The first-order valence-corrected chi connectivity index (χ1v) is 8.04. The van der Waals surface area contributed by atoms with E-state index in [0.29, 0.717) is 28.7 Å². The monoisotopic (exact) mass is 365 g/mol. The predicted molar refractivity (Wildman–Crippen MR) is 95.4 cm³/mol. The van der Waals surface area contributed by atoms with Gasteiger partial charge in [0.1, 0.15) is 5.82 Å². The molecule has 24 heavy (non-hydrogen) atoms. The van der Waals surface area contributed by atoms with Crippen molar-refractivity contribution in [3.05, 3.63) is 64.0 Å². The van der Waals surface area contributed by atoms with Crippen molar-refractivity contribution in [1.82, 2.24) is 10.3 Å². The van der Waals surface area contributed by atoms with Crippen LogP contribution in [0.4, 0.5) is 14.9 Å². The molecule has 0 aliphatic carbocycles. The van der Waals surface area contributed by atoms with Gasteiger partial charge in [0.15, 0.2) is 0 Å². The zero-order valence-electron chi connectivity index (χ0n) is 12.5. The maximum atomic E-state index is 13.3. The summed E-state index contributed by atoms with van der Waals surface area (Å²) >= 11 is 11.7. The Balaban J connectivity index is 1.56. The molecule has 4 nitrogen and oxygen atoms in total. The zero-order valence-corrected chi connectivity index (χ0v) is 14.0. The summed E-state index contributed by atoms with van der Waals surface area (Å²) in [4.78, 5) is 15.0. The van der Waals surface area contributed by atoms with Gasteiger partial charge in [-0.3, -0.25) is 0 Å². The van der Waals surface area contributed by atoms with Crippen LogP contribution in [0, 0.1) is 5.82 Å². The molecular formula is C17H14Cl2FN3O. The van der Waals surface area contributed by atoms with E-state index >= 15 is 0 Å². The van der Waals surface area contributed by atoms with Crippen molar-refractivity contribution in [3.8, 4) is 0 Å². The zero-order chi connectivity index (χ0) is 17.1. The van der Waals surface area contributed by atoms with Crippen LogP contribution in [0.1, 0.15) is 5.56 Å². The van der Waals surface area contributed by atoms with Gasteiger partial charge < -0.3 is 15.6 Å². The third-order valence-electron chi connectivity index (χ3n) is 3.59. The maximum Gasteiger partial charge on any atom is 0.319 e. The number of H-pyrrole nitrogens is 1. The Morgan fingerprint density at radius 1 is 1.12 bits per heavy atom. The number of halogens is 3. The summed E-state index contributed by atoms with van der Waals surface area (Å²) in [6, 6.07) is 9.09. The van der Waals surface area contributed by atoms with Gasteiger partial charge >= 0.3 is 6.03 Å². The molecule has 0 saturated heterocycles. The van der Waals surface area contributed by atoms with Crippen LogP contribution < -0.4 is 10.6 Å². The van der Waals surface area contributed by atoms with E-state index in [1.54, 1.807) is 24.3 Å². The first-order valence-electron chi connectivity index (χ1n) is 7.28. The average Bonchev–Trinajstić information content (AvgIpc) is 2.93. The summed E-state index contributed by atoms with van der Waals surface area (Å²) in [7, 11) is 0. The lowest BCUT2D eigenvalue weighted by Crippen LogP contribution is -2.30. The molecule has 0 saturated carbocycles. The van der Waals surface area contributed by atoms with Gasteiger partial charge in [-0.2, -0.15) is 0 Å². The highest BCUT2D eigenvalue weighted by atomic mass is 35.5. The van der Waals surface area contributed by atoms with Crippen LogP contribution in [-0.4, -0.2) is 17.6 Å². The number of benzene rings is 2. The van der Waals surface area contributed by atoms with Gasteiger partial charge in [-0.1, -0.05) is 23.2 Å². The molecule has 0 fully saturated rings. The minimum absolute atomic E-state index is 0.284. The first-order chi connectivity index (χ1) is 11.5. The Morgan fingerprint density at radius 2 is 1.96 bits per heavy atom. The molecule has 0 aliphatic heterocycles. The topological polar surface area (TPSA) is 56.9 Å². The van der Waals surface area contributed by atoms with Gasteiger partial charge in [0.05, 0.1) is 10.0 Å². The van der Waals surface area contributed by atoms with Gasteiger partial charge in [0.25, 0.3) is 0 Å². The number of carbonyl (C=O) groups is 1. The Hall–Kier alpha value is -2.24. The number of anilines is 1. The van der Waals surface area contributed by atoms with Gasteiger partial charge in [-0.25, -0.2) is 9.18 Å². The number of aromatic amines is 1. The molecule has 0 radical (unpaired) electrons. The van der Waals surface area contributed by atoms with E-state index < -0.39 is 0 Å². The minimum atomic E-state index is -0.348. The van der Waals surface area contributed by atoms with Crippen LogP contribution in [0.25, 0.3) is 10.9 Å². The molecule has 0 aliphatic rings. The summed E-state index contributed by atoms with van der Waals surface area (Å²) in [6.07, 6.45) is 2.40. The normalized spacial score (nSPS) is 10.8. The molecule has 0 spiro atoms. The van der Waals surface area contributed by atoms with Crippen molar-refractivity contribution in [2.24, 2.45) is 0 Å². The summed E-state index contributed by atoms with van der Waals surface area (Å²) in [5.74, 6) is -0.284. The quantitative estimate of drug-likeness (QED) is 0.599. The van der Waals surface area contributed by atoms with Crippen molar-refractivity contribution >= 4 is 45.8 Å². The van der Waals surface area contributed by atoms with E-state index in [2.05, 4.69) is 15.6 Å². The number of carbonyl (C=O) groups excluding carboxylic acids is 1. The van der Waals surface area contributed by atoms with Crippen LogP contribution in [-0.2, 0) is 6.42 Å². The van der Waals surface area contributed by atoms with Crippen LogP contribution in [0.2, 0.25) is 10.0 Å². The lowest BCUT2D eigenvalue weighted by Gasteiger charge is -2.08. The van der Waals surface area contributed by atoms with Crippen molar-refractivity contribution in [2.45, 2.75) is 6.42 Å². The van der Waals surface area contributed by atoms with E-state index in [1.807, 2.05) is 6.20 Å². The minimum Gasteiger partial charge on any atom is -0.361 e. The van der Waals surface area contributed by atoms with Crippen molar-refractivity contribution < 1.29 is 9.18 Å². The Morgan fingerprint density at radius 3 is 2.75 bits per heavy atom. The van der Waals surface area contributed by atoms with Gasteiger partial charge in [0, 0.05) is 29.3 Å². The maximum absolute atomic E-state index is 13.3. The van der Waals surface area contributed by atoms with E-state index in [4.69, 9.17) is 23.2 Å². The number of hydrogen-bond donors (Lipinski definition) is 3. The van der Waals surface area contributed by atoms with Crippen LogP contribution in [0.15, 0.2) is 42.6 Å². The van der Waals surface area contributed by atoms with E-state index in [0.717, 1.165) is 16.5 Å². The highest BCUT2D eigenvalue weighted by molar-refractivity contribution is 6.42. The molecule has 0 bridgehead atoms.